The van der Waals surface area contributed by atoms with E-state index in [0.717, 1.165) is 16.6 Å². The van der Waals surface area contributed by atoms with Gasteiger partial charge in [0.05, 0.1) is 11.1 Å². The van der Waals surface area contributed by atoms with E-state index >= 15 is 0 Å². The molecule has 0 N–H and O–H groups in total. The third-order valence-electron chi connectivity index (χ3n) is 6.07. The van der Waals surface area contributed by atoms with Crippen LogP contribution in [0.15, 0.2) is 103 Å². The van der Waals surface area contributed by atoms with E-state index in [1.165, 1.54) is 0 Å². The van der Waals surface area contributed by atoms with Crippen molar-refractivity contribution in [3.8, 4) is 34.7 Å². The van der Waals surface area contributed by atoms with Crippen LogP contribution < -0.4 is 0 Å². The fraction of sp³-hybridized carbons (Fsp3) is 0. The molecule has 0 fully saturated rings. The van der Waals surface area contributed by atoms with E-state index in [2.05, 4.69) is 4.98 Å². The van der Waals surface area contributed by atoms with Gasteiger partial charge in [0.2, 0.25) is 11.8 Å². The Bertz CT molecular complexity index is 1980. The number of oxazole rings is 4. The molecule has 0 saturated heterocycles. The van der Waals surface area contributed by atoms with Crippen molar-refractivity contribution in [3.05, 3.63) is 84.9 Å². The van der Waals surface area contributed by atoms with Gasteiger partial charge < -0.3 is 17.7 Å². The number of nitrogens with zero attached hydrogens (tertiary/aromatic N) is 4. The average Bonchev–Trinajstić information content (AvgIpc) is 3.69. The molecular weight excluding hydrogens is 456 g/mol. The van der Waals surface area contributed by atoms with Gasteiger partial charge in [0.25, 0.3) is 11.8 Å². The molecular formula is C28H14N4O4. The lowest BCUT2D eigenvalue weighted by molar-refractivity contribution is 0.550. The van der Waals surface area contributed by atoms with Crippen LogP contribution >= 0.6 is 0 Å². The lowest BCUT2D eigenvalue weighted by Crippen LogP contribution is -1.88. The Kier molecular flexibility index (Phi) is 3.78. The number of hydrogen-bond acceptors (Lipinski definition) is 8. The third-order valence-corrected chi connectivity index (χ3v) is 6.07. The molecule has 0 bridgehead atoms. The quantitative estimate of drug-likeness (QED) is 0.266. The van der Waals surface area contributed by atoms with E-state index in [1.54, 1.807) is 0 Å². The number of rotatable bonds is 3. The van der Waals surface area contributed by atoms with Gasteiger partial charge in [0.15, 0.2) is 22.3 Å². The second kappa shape index (κ2) is 7.13. The van der Waals surface area contributed by atoms with Crippen molar-refractivity contribution >= 4 is 44.4 Å². The summed E-state index contributed by atoms with van der Waals surface area (Å²) in [4.78, 5) is 18.7. The summed E-state index contributed by atoms with van der Waals surface area (Å²) in [6, 6.07) is 26.4. The van der Waals surface area contributed by atoms with Crippen LogP contribution in [0.4, 0.5) is 0 Å². The van der Waals surface area contributed by atoms with E-state index in [4.69, 9.17) is 32.6 Å². The highest BCUT2D eigenvalue weighted by Gasteiger charge is 2.25. The predicted molar refractivity (Wildman–Crippen MR) is 133 cm³/mol. The Morgan fingerprint density at radius 3 is 1.50 bits per heavy atom. The zero-order valence-corrected chi connectivity index (χ0v) is 18.5. The van der Waals surface area contributed by atoms with Crippen LogP contribution in [0.3, 0.4) is 0 Å². The molecule has 0 unspecified atom stereocenters. The second-order valence-electron chi connectivity index (χ2n) is 8.31. The van der Waals surface area contributed by atoms with Crippen LogP contribution in [-0.4, -0.2) is 19.9 Å². The highest BCUT2D eigenvalue weighted by atomic mass is 16.4. The second-order valence-corrected chi connectivity index (χ2v) is 8.31. The summed E-state index contributed by atoms with van der Waals surface area (Å²) in [7, 11) is 0. The van der Waals surface area contributed by atoms with Crippen LogP contribution in [0.5, 0.6) is 0 Å². The highest BCUT2D eigenvalue weighted by Crippen LogP contribution is 2.40. The summed E-state index contributed by atoms with van der Waals surface area (Å²) >= 11 is 0. The maximum Gasteiger partial charge on any atom is 0.284 e. The van der Waals surface area contributed by atoms with Gasteiger partial charge in [-0.25, -0.2) is 19.9 Å². The number of aromatic nitrogens is 4. The zero-order valence-electron chi connectivity index (χ0n) is 18.5. The smallest absolute Gasteiger partial charge is 0.284 e. The largest absolute Gasteiger partial charge is 0.436 e. The van der Waals surface area contributed by atoms with Crippen molar-refractivity contribution in [2.45, 2.75) is 0 Å². The first kappa shape index (κ1) is 19.1. The molecule has 8 nitrogen and oxygen atoms in total. The van der Waals surface area contributed by atoms with E-state index < -0.39 is 0 Å². The van der Waals surface area contributed by atoms with Crippen molar-refractivity contribution in [3.63, 3.8) is 0 Å². The van der Waals surface area contributed by atoms with Crippen molar-refractivity contribution in [1.82, 2.24) is 19.9 Å². The van der Waals surface area contributed by atoms with Gasteiger partial charge in [-0.05, 0) is 48.5 Å². The van der Waals surface area contributed by atoms with Gasteiger partial charge in [-0.3, -0.25) is 0 Å². The van der Waals surface area contributed by atoms with Crippen LogP contribution in [0, 0.1) is 0 Å². The minimum atomic E-state index is 0.258. The van der Waals surface area contributed by atoms with E-state index in [1.807, 2.05) is 84.9 Å². The van der Waals surface area contributed by atoms with E-state index in [9.17, 15) is 0 Å². The van der Waals surface area contributed by atoms with Crippen molar-refractivity contribution in [2.24, 2.45) is 0 Å². The Morgan fingerprint density at radius 2 is 0.861 bits per heavy atom. The van der Waals surface area contributed by atoms with Crippen LogP contribution in [-0.2, 0) is 0 Å². The maximum absolute atomic E-state index is 6.16. The SMILES string of the molecule is c1ccc2oc(-c3nc4c(-c5nc6ccccc6o5)c(-c5nc6ccccc6o5)ccc4o3)nc2c1. The first-order valence-corrected chi connectivity index (χ1v) is 11.3. The Labute approximate surface area is 201 Å². The number of para-hydroxylation sites is 6. The summed E-state index contributed by atoms with van der Waals surface area (Å²) in [5, 5.41) is 0. The normalized spacial score (nSPS) is 11.9. The van der Waals surface area contributed by atoms with Crippen LogP contribution in [0.25, 0.3) is 79.1 Å². The molecule has 0 aliphatic carbocycles. The van der Waals surface area contributed by atoms with Crippen molar-refractivity contribution < 1.29 is 17.7 Å². The summed E-state index contributed by atoms with van der Waals surface area (Å²) in [6.45, 7) is 0. The molecule has 8 aromatic rings. The topological polar surface area (TPSA) is 104 Å². The van der Waals surface area contributed by atoms with Crippen molar-refractivity contribution in [2.75, 3.05) is 0 Å². The number of hydrogen-bond donors (Lipinski definition) is 0. The molecule has 0 aliphatic rings. The van der Waals surface area contributed by atoms with Gasteiger partial charge in [-0.2, -0.15) is 0 Å². The molecule has 4 heterocycles. The monoisotopic (exact) mass is 470 g/mol. The van der Waals surface area contributed by atoms with Crippen molar-refractivity contribution in [1.29, 1.82) is 0 Å². The van der Waals surface area contributed by atoms with E-state index in [-0.39, 0.29) is 5.89 Å². The van der Waals surface area contributed by atoms with Gasteiger partial charge in [0.1, 0.15) is 22.1 Å². The molecule has 0 saturated carbocycles. The molecule has 0 aliphatic heterocycles. The van der Waals surface area contributed by atoms with E-state index in [0.29, 0.717) is 56.6 Å². The Hall–Kier alpha value is -5.24. The first-order chi connectivity index (χ1) is 17.8. The first-order valence-electron chi connectivity index (χ1n) is 11.3. The molecule has 4 aromatic carbocycles. The van der Waals surface area contributed by atoms with Gasteiger partial charge >= 0.3 is 0 Å². The minimum Gasteiger partial charge on any atom is -0.436 e. The predicted octanol–water partition coefficient (Wildman–Crippen LogP) is 7.25. The Balaban J connectivity index is 1.41. The molecule has 170 valence electrons. The summed E-state index contributed by atoms with van der Waals surface area (Å²) in [5.74, 6) is 1.37. The molecule has 8 heteroatoms. The fourth-order valence-corrected chi connectivity index (χ4v) is 4.41. The maximum atomic E-state index is 6.16. The third kappa shape index (κ3) is 2.81. The Morgan fingerprint density at radius 1 is 0.389 bits per heavy atom. The molecule has 0 atom stereocenters. The fourth-order valence-electron chi connectivity index (χ4n) is 4.41. The lowest BCUT2D eigenvalue weighted by Gasteiger charge is -2.03. The molecule has 4 aromatic heterocycles. The van der Waals surface area contributed by atoms with Gasteiger partial charge in [-0.15, -0.1) is 0 Å². The molecule has 0 amide bonds. The summed E-state index contributed by atoms with van der Waals surface area (Å²) in [6.07, 6.45) is 0. The number of fused-ring (bicyclic) bond motifs is 4. The van der Waals surface area contributed by atoms with Crippen LogP contribution in [0.1, 0.15) is 0 Å². The summed E-state index contributed by atoms with van der Waals surface area (Å²) < 4.78 is 24.2. The molecule has 0 spiro atoms. The number of benzene rings is 4. The molecule has 8 rings (SSSR count). The van der Waals surface area contributed by atoms with Crippen LogP contribution in [0.2, 0.25) is 0 Å². The minimum absolute atomic E-state index is 0.258. The van der Waals surface area contributed by atoms with Gasteiger partial charge in [-0.1, -0.05) is 36.4 Å². The molecule has 36 heavy (non-hydrogen) atoms. The lowest BCUT2D eigenvalue weighted by atomic mass is 10.1. The zero-order chi connectivity index (χ0) is 23.6. The highest BCUT2D eigenvalue weighted by molar-refractivity contribution is 5.99. The molecule has 0 radical (unpaired) electrons. The average molecular weight is 470 g/mol. The van der Waals surface area contributed by atoms with Gasteiger partial charge in [0, 0.05) is 0 Å². The summed E-state index contributed by atoms with van der Waals surface area (Å²) in [5.41, 5.74) is 6.58. The standard InChI is InChI=1S/C28H14N4O4/c1-4-10-19-16(7-1)29-25(33-19)15-13-14-22-24(23(15)26-30-17-8-2-5-11-20(17)34-26)32-28(36-22)27-31-18-9-3-6-12-21(18)35-27/h1-14H.